The number of nitrogens with one attached hydrogen (secondary N) is 2. The van der Waals surface area contributed by atoms with E-state index in [-0.39, 0.29) is 17.5 Å². The zero-order valence-electron chi connectivity index (χ0n) is 17.0. The Morgan fingerprint density at radius 1 is 1.15 bits per heavy atom. The molecule has 0 aromatic heterocycles. The maximum Gasteiger partial charge on any atom is 0.321 e. The number of hydrogen-bond acceptors (Lipinski definition) is 5. The molecule has 1 aliphatic rings. The summed E-state index contributed by atoms with van der Waals surface area (Å²) in [6, 6.07) is 7.21. The molecule has 2 rings (SSSR count). The molecule has 1 saturated heterocycles. The van der Waals surface area contributed by atoms with Crippen molar-refractivity contribution in [2.45, 2.75) is 46.2 Å². The van der Waals surface area contributed by atoms with Crippen LogP contribution >= 0.6 is 0 Å². The molecular formula is C20H32N4O3. The van der Waals surface area contributed by atoms with Crippen molar-refractivity contribution in [1.29, 1.82) is 0 Å². The second-order valence-corrected chi connectivity index (χ2v) is 7.79. The quantitative estimate of drug-likeness (QED) is 0.824. The van der Waals surface area contributed by atoms with E-state index in [1.165, 1.54) is 0 Å². The minimum atomic E-state index is -0.455. The van der Waals surface area contributed by atoms with Crippen molar-refractivity contribution >= 4 is 17.6 Å². The standard InChI is InChI=1S/C20H32N4O3/c1-6-27-17-10-8-7-9-16(17)24-13-11-23(12-14-24)15(2)18(25)21-19(26)22-20(3,4)5/h7-10,15H,6,11-14H2,1-5H3,(H2,21,22,25,26)/t15-/m1/s1. The van der Waals surface area contributed by atoms with Crippen molar-refractivity contribution in [3.8, 4) is 5.75 Å². The van der Waals surface area contributed by atoms with Gasteiger partial charge in [0.05, 0.1) is 18.3 Å². The van der Waals surface area contributed by atoms with Gasteiger partial charge in [-0.15, -0.1) is 0 Å². The molecule has 2 N–H and O–H groups in total. The zero-order chi connectivity index (χ0) is 20.0. The Bertz CT molecular complexity index is 649. The van der Waals surface area contributed by atoms with Crippen LogP contribution in [0.5, 0.6) is 5.75 Å². The molecule has 7 nitrogen and oxygen atoms in total. The highest BCUT2D eigenvalue weighted by atomic mass is 16.5. The van der Waals surface area contributed by atoms with E-state index < -0.39 is 6.03 Å². The molecule has 0 aliphatic carbocycles. The number of benzene rings is 1. The Labute approximate surface area is 162 Å². The summed E-state index contributed by atoms with van der Waals surface area (Å²) >= 11 is 0. The molecular weight excluding hydrogens is 344 g/mol. The Balaban J connectivity index is 1.89. The van der Waals surface area contributed by atoms with Gasteiger partial charge in [0.15, 0.2) is 0 Å². The first-order valence-electron chi connectivity index (χ1n) is 9.55. The molecule has 1 aliphatic heterocycles. The number of nitrogens with zero attached hydrogens (tertiary/aromatic N) is 2. The van der Waals surface area contributed by atoms with E-state index in [0.717, 1.165) is 37.6 Å². The number of carbonyl (C=O) groups excluding carboxylic acids is 2. The van der Waals surface area contributed by atoms with Crippen molar-refractivity contribution < 1.29 is 14.3 Å². The molecule has 150 valence electrons. The summed E-state index contributed by atoms with van der Waals surface area (Å²) in [6.07, 6.45) is 0. The lowest BCUT2D eigenvalue weighted by molar-refractivity contribution is -0.124. The van der Waals surface area contributed by atoms with E-state index in [1.807, 2.05) is 52.8 Å². The van der Waals surface area contributed by atoms with E-state index in [4.69, 9.17) is 4.74 Å². The summed E-state index contributed by atoms with van der Waals surface area (Å²) in [5.41, 5.74) is 0.702. The maximum atomic E-state index is 12.4. The van der Waals surface area contributed by atoms with E-state index in [2.05, 4.69) is 26.5 Å². The van der Waals surface area contributed by atoms with Crippen molar-refractivity contribution in [3.63, 3.8) is 0 Å². The molecule has 0 radical (unpaired) electrons. The predicted octanol–water partition coefficient (Wildman–Crippen LogP) is 2.22. The third-order valence-corrected chi connectivity index (χ3v) is 4.47. The fourth-order valence-electron chi connectivity index (χ4n) is 3.10. The Morgan fingerprint density at radius 2 is 1.78 bits per heavy atom. The molecule has 1 aromatic rings. The van der Waals surface area contributed by atoms with Crippen LogP contribution in [0.1, 0.15) is 34.6 Å². The molecule has 0 saturated carbocycles. The SMILES string of the molecule is CCOc1ccccc1N1CCN([C@H](C)C(=O)NC(=O)NC(C)(C)C)CC1. The molecule has 27 heavy (non-hydrogen) atoms. The normalized spacial score (nSPS) is 16.6. The van der Waals surface area contributed by atoms with Crippen molar-refractivity contribution in [2.24, 2.45) is 0 Å². The van der Waals surface area contributed by atoms with E-state index in [1.54, 1.807) is 0 Å². The summed E-state index contributed by atoms with van der Waals surface area (Å²) in [4.78, 5) is 28.7. The van der Waals surface area contributed by atoms with Gasteiger partial charge in [-0.05, 0) is 46.8 Å². The topological polar surface area (TPSA) is 73.9 Å². The van der Waals surface area contributed by atoms with Crippen LogP contribution in [0.2, 0.25) is 0 Å². The number of ether oxygens (including phenoxy) is 1. The number of carbonyl (C=O) groups is 2. The van der Waals surface area contributed by atoms with Crippen LogP contribution in [0.3, 0.4) is 0 Å². The lowest BCUT2D eigenvalue weighted by Gasteiger charge is -2.39. The summed E-state index contributed by atoms with van der Waals surface area (Å²) in [5.74, 6) is 0.609. The Morgan fingerprint density at radius 3 is 2.37 bits per heavy atom. The van der Waals surface area contributed by atoms with Crippen molar-refractivity contribution in [2.75, 3.05) is 37.7 Å². The minimum Gasteiger partial charge on any atom is -0.492 e. The molecule has 0 spiro atoms. The number of amides is 3. The summed E-state index contributed by atoms with van der Waals surface area (Å²) in [5, 5.41) is 5.18. The van der Waals surface area contributed by atoms with Crippen LogP contribution in [0.4, 0.5) is 10.5 Å². The van der Waals surface area contributed by atoms with Crippen LogP contribution in [-0.4, -0.2) is 61.2 Å². The first kappa shape index (κ1) is 21.0. The van der Waals surface area contributed by atoms with Gasteiger partial charge in [0.2, 0.25) is 5.91 Å². The molecule has 1 heterocycles. The monoisotopic (exact) mass is 376 g/mol. The second-order valence-electron chi connectivity index (χ2n) is 7.79. The number of hydrogen-bond donors (Lipinski definition) is 2. The molecule has 1 atom stereocenters. The third-order valence-electron chi connectivity index (χ3n) is 4.47. The van der Waals surface area contributed by atoms with Crippen molar-refractivity contribution in [3.05, 3.63) is 24.3 Å². The Kier molecular flexibility index (Phi) is 7.07. The van der Waals surface area contributed by atoms with Gasteiger partial charge < -0.3 is 15.0 Å². The van der Waals surface area contributed by atoms with Gasteiger partial charge in [-0.25, -0.2) is 4.79 Å². The Hall–Kier alpha value is -2.28. The number of imide groups is 1. The molecule has 1 fully saturated rings. The lowest BCUT2D eigenvalue weighted by atomic mass is 10.1. The average molecular weight is 377 g/mol. The third kappa shape index (κ3) is 6.13. The van der Waals surface area contributed by atoms with Gasteiger partial charge in [0, 0.05) is 31.7 Å². The first-order chi connectivity index (χ1) is 12.7. The highest BCUT2D eigenvalue weighted by molar-refractivity contribution is 5.97. The largest absolute Gasteiger partial charge is 0.492 e. The van der Waals surface area contributed by atoms with Gasteiger partial charge in [-0.2, -0.15) is 0 Å². The smallest absolute Gasteiger partial charge is 0.321 e. The van der Waals surface area contributed by atoms with Gasteiger partial charge >= 0.3 is 6.03 Å². The number of para-hydroxylation sites is 2. The van der Waals surface area contributed by atoms with E-state index in [9.17, 15) is 9.59 Å². The fraction of sp³-hybridized carbons (Fsp3) is 0.600. The van der Waals surface area contributed by atoms with Gasteiger partial charge in [-0.3, -0.25) is 15.0 Å². The van der Waals surface area contributed by atoms with Crippen LogP contribution in [0.15, 0.2) is 24.3 Å². The molecule has 0 bridgehead atoms. The molecule has 0 unspecified atom stereocenters. The van der Waals surface area contributed by atoms with Crippen LogP contribution in [0.25, 0.3) is 0 Å². The number of rotatable bonds is 5. The summed E-state index contributed by atoms with van der Waals surface area (Å²) in [7, 11) is 0. The summed E-state index contributed by atoms with van der Waals surface area (Å²) in [6.45, 7) is 13.2. The van der Waals surface area contributed by atoms with Crippen LogP contribution in [-0.2, 0) is 4.79 Å². The highest BCUT2D eigenvalue weighted by Crippen LogP contribution is 2.29. The van der Waals surface area contributed by atoms with Gasteiger partial charge in [0.25, 0.3) is 0 Å². The molecule has 3 amide bonds. The lowest BCUT2D eigenvalue weighted by Crippen LogP contribution is -2.56. The molecule has 1 aromatic carbocycles. The van der Waals surface area contributed by atoms with Gasteiger partial charge in [-0.1, -0.05) is 12.1 Å². The van der Waals surface area contributed by atoms with Crippen molar-refractivity contribution in [1.82, 2.24) is 15.5 Å². The zero-order valence-corrected chi connectivity index (χ0v) is 17.0. The highest BCUT2D eigenvalue weighted by Gasteiger charge is 2.28. The summed E-state index contributed by atoms with van der Waals surface area (Å²) < 4.78 is 5.72. The maximum absolute atomic E-state index is 12.4. The van der Waals surface area contributed by atoms with Gasteiger partial charge in [0.1, 0.15) is 5.75 Å². The number of piperazine rings is 1. The van der Waals surface area contributed by atoms with Crippen LogP contribution in [0, 0.1) is 0 Å². The van der Waals surface area contributed by atoms with E-state index in [0.29, 0.717) is 6.61 Å². The minimum absolute atomic E-state index is 0.278. The number of urea groups is 1. The average Bonchev–Trinajstić information content (AvgIpc) is 2.60. The fourth-order valence-corrected chi connectivity index (χ4v) is 3.10. The molecule has 7 heteroatoms. The van der Waals surface area contributed by atoms with Crippen LogP contribution < -0.4 is 20.3 Å². The number of anilines is 1. The predicted molar refractivity (Wildman–Crippen MR) is 107 cm³/mol. The van der Waals surface area contributed by atoms with E-state index >= 15 is 0 Å². The second kappa shape index (κ2) is 9.08. The first-order valence-corrected chi connectivity index (χ1v) is 9.55.